The van der Waals surface area contributed by atoms with Crippen LogP contribution in [0.2, 0.25) is 0 Å². The smallest absolute Gasteiger partial charge is 0.122 e. The van der Waals surface area contributed by atoms with E-state index in [9.17, 15) is 0 Å². The summed E-state index contributed by atoms with van der Waals surface area (Å²) in [6.07, 6.45) is 13.2. The molecule has 0 radical (unpaired) electrons. The lowest BCUT2D eigenvalue weighted by Gasteiger charge is -2.33. The molecule has 1 aliphatic heterocycles. The lowest BCUT2D eigenvalue weighted by molar-refractivity contribution is 0.221. The van der Waals surface area contributed by atoms with Crippen molar-refractivity contribution in [2.24, 2.45) is 0 Å². The minimum atomic E-state index is 0.759. The van der Waals surface area contributed by atoms with Gasteiger partial charge >= 0.3 is 0 Å². The molecule has 0 saturated carbocycles. The first-order chi connectivity index (χ1) is 13.8. The number of nitrogens with zero attached hydrogens (tertiary/aromatic N) is 3. The molecule has 1 aromatic heterocycles. The highest BCUT2D eigenvalue weighted by Gasteiger charge is 2.27. The molecule has 1 atom stereocenters. The van der Waals surface area contributed by atoms with E-state index in [1.165, 1.54) is 50.8 Å². The summed E-state index contributed by atoms with van der Waals surface area (Å²) in [7, 11) is 0. The van der Waals surface area contributed by atoms with Gasteiger partial charge in [0, 0.05) is 31.5 Å². The highest BCUT2D eigenvalue weighted by atomic mass is 16.5. The zero-order chi connectivity index (χ0) is 19.2. The molecule has 0 spiro atoms. The highest BCUT2D eigenvalue weighted by molar-refractivity contribution is 5.46. The molecule has 2 heterocycles. The number of nitrogens with one attached hydrogen (secondary N) is 1. The van der Waals surface area contributed by atoms with Crippen LogP contribution in [0, 0.1) is 6.92 Å². The van der Waals surface area contributed by atoms with E-state index in [0.29, 0.717) is 0 Å². The Balaban J connectivity index is 1.20. The predicted octanol–water partition coefficient (Wildman–Crippen LogP) is 3.20. The van der Waals surface area contributed by atoms with Crippen LogP contribution in [0.1, 0.15) is 42.4 Å². The van der Waals surface area contributed by atoms with Gasteiger partial charge in [-0.15, -0.1) is 0 Å². The number of aromatic nitrogens is 2. The molecule has 28 heavy (non-hydrogen) atoms. The number of hydrogen-bond donors (Lipinski definition) is 1. The van der Waals surface area contributed by atoms with E-state index < -0.39 is 0 Å². The van der Waals surface area contributed by atoms with E-state index in [-0.39, 0.29) is 0 Å². The summed E-state index contributed by atoms with van der Waals surface area (Å²) in [5.41, 5.74) is 4.46. The molecule has 4 rings (SSSR count). The second-order valence-electron chi connectivity index (χ2n) is 8.22. The predicted molar refractivity (Wildman–Crippen MR) is 113 cm³/mol. The van der Waals surface area contributed by atoms with Crippen LogP contribution < -0.4 is 10.1 Å². The molecule has 1 aromatic carbocycles. The Kier molecular flexibility index (Phi) is 6.65. The first kappa shape index (κ1) is 19.5. The van der Waals surface area contributed by atoms with Crippen LogP contribution in [0.25, 0.3) is 0 Å². The highest BCUT2D eigenvalue weighted by Crippen LogP contribution is 2.33. The van der Waals surface area contributed by atoms with Gasteiger partial charge in [-0.2, -0.15) is 0 Å². The molecular weight excluding hydrogens is 348 g/mol. The van der Waals surface area contributed by atoms with Gasteiger partial charge in [-0.3, -0.25) is 0 Å². The van der Waals surface area contributed by atoms with Gasteiger partial charge < -0.3 is 19.5 Å². The Morgan fingerprint density at radius 1 is 1.21 bits per heavy atom. The van der Waals surface area contributed by atoms with Gasteiger partial charge in [0.05, 0.1) is 12.9 Å². The lowest BCUT2D eigenvalue weighted by Crippen LogP contribution is -2.37. The van der Waals surface area contributed by atoms with Crippen molar-refractivity contribution in [1.82, 2.24) is 19.8 Å². The van der Waals surface area contributed by atoms with Crippen molar-refractivity contribution < 1.29 is 4.74 Å². The largest absolute Gasteiger partial charge is 0.493 e. The summed E-state index contributed by atoms with van der Waals surface area (Å²) >= 11 is 0. The molecule has 2 aliphatic rings. The summed E-state index contributed by atoms with van der Waals surface area (Å²) in [5, 5.41) is 3.47. The zero-order valence-corrected chi connectivity index (χ0v) is 17.2. The summed E-state index contributed by atoms with van der Waals surface area (Å²) in [4.78, 5) is 6.77. The maximum atomic E-state index is 6.12. The molecule has 2 aromatic rings. The fraction of sp³-hybridized carbons (Fsp3) is 0.609. The van der Waals surface area contributed by atoms with Gasteiger partial charge in [-0.1, -0.05) is 6.07 Å². The number of ether oxygens (including phenoxy) is 1. The zero-order valence-electron chi connectivity index (χ0n) is 17.2. The molecule has 1 N–H and O–H groups in total. The molecular formula is C23H34N4O. The SMILES string of the molecule is Cc1c(OCCCNCCn2ccnc2)ccc2c1CCC(N1CCCC1)C2. The molecule has 1 unspecified atom stereocenters. The summed E-state index contributed by atoms with van der Waals surface area (Å²) in [6, 6.07) is 5.28. The van der Waals surface area contributed by atoms with Crippen molar-refractivity contribution in [3.05, 3.63) is 47.5 Å². The van der Waals surface area contributed by atoms with E-state index in [4.69, 9.17) is 4.74 Å². The van der Waals surface area contributed by atoms with Crippen LogP contribution in [0.4, 0.5) is 0 Å². The van der Waals surface area contributed by atoms with E-state index in [2.05, 4.69) is 38.8 Å². The Labute approximate surface area is 169 Å². The minimum absolute atomic E-state index is 0.759. The van der Waals surface area contributed by atoms with E-state index in [1.807, 2.05) is 18.7 Å². The molecule has 5 heteroatoms. The number of likely N-dealkylation sites (tertiary alicyclic amines) is 1. The Morgan fingerprint density at radius 3 is 2.93 bits per heavy atom. The van der Waals surface area contributed by atoms with Crippen molar-refractivity contribution >= 4 is 0 Å². The van der Waals surface area contributed by atoms with Gasteiger partial charge in [-0.25, -0.2) is 4.98 Å². The maximum absolute atomic E-state index is 6.12. The number of rotatable bonds is 9. The molecule has 152 valence electrons. The van der Waals surface area contributed by atoms with Crippen LogP contribution in [0.3, 0.4) is 0 Å². The summed E-state index contributed by atoms with van der Waals surface area (Å²) < 4.78 is 8.21. The molecule has 5 nitrogen and oxygen atoms in total. The van der Waals surface area contributed by atoms with Gasteiger partial charge in [0.25, 0.3) is 0 Å². The van der Waals surface area contributed by atoms with Crippen LogP contribution in [-0.2, 0) is 19.4 Å². The molecule has 1 saturated heterocycles. The van der Waals surface area contributed by atoms with Gasteiger partial charge in [0.2, 0.25) is 0 Å². The Bertz CT molecular complexity index is 737. The van der Waals surface area contributed by atoms with Crippen LogP contribution in [0.5, 0.6) is 5.75 Å². The fourth-order valence-electron chi connectivity index (χ4n) is 4.70. The Morgan fingerprint density at radius 2 is 2.11 bits per heavy atom. The third-order valence-corrected chi connectivity index (χ3v) is 6.35. The normalized spacial score (nSPS) is 19.7. The van der Waals surface area contributed by atoms with E-state index >= 15 is 0 Å². The summed E-state index contributed by atoms with van der Waals surface area (Å²) in [5.74, 6) is 1.08. The van der Waals surface area contributed by atoms with Crippen LogP contribution >= 0.6 is 0 Å². The quantitative estimate of drug-likeness (QED) is 0.677. The number of hydrogen-bond acceptors (Lipinski definition) is 4. The second kappa shape index (κ2) is 9.57. The minimum Gasteiger partial charge on any atom is -0.493 e. The average molecular weight is 383 g/mol. The molecule has 0 bridgehead atoms. The van der Waals surface area contributed by atoms with Crippen molar-refractivity contribution in [2.75, 3.05) is 32.8 Å². The molecule has 0 amide bonds. The van der Waals surface area contributed by atoms with Crippen molar-refractivity contribution in [2.45, 2.75) is 58.0 Å². The fourth-order valence-corrected chi connectivity index (χ4v) is 4.70. The number of benzene rings is 1. The maximum Gasteiger partial charge on any atom is 0.122 e. The van der Waals surface area contributed by atoms with Crippen molar-refractivity contribution in [3.63, 3.8) is 0 Å². The number of imidazole rings is 1. The van der Waals surface area contributed by atoms with Crippen LogP contribution in [-0.4, -0.2) is 53.3 Å². The topological polar surface area (TPSA) is 42.3 Å². The molecule has 1 fully saturated rings. The third kappa shape index (κ3) is 4.76. The number of fused-ring (bicyclic) bond motifs is 1. The Hall–Kier alpha value is -1.85. The van der Waals surface area contributed by atoms with Crippen LogP contribution in [0.15, 0.2) is 30.9 Å². The van der Waals surface area contributed by atoms with Gasteiger partial charge in [0.15, 0.2) is 0 Å². The first-order valence-electron chi connectivity index (χ1n) is 11.0. The van der Waals surface area contributed by atoms with E-state index in [1.54, 1.807) is 11.1 Å². The second-order valence-corrected chi connectivity index (χ2v) is 8.22. The average Bonchev–Trinajstić information content (AvgIpc) is 3.43. The molecule has 1 aliphatic carbocycles. The third-order valence-electron chi connectivity index (χ3n) is 6.35. The monoisotopic (exact) mass is 382 g/mol. The standard InChI is InChI=1S/C23H34N4O/c1-19-22-7-6-21(27-12-2-3-13-27)17-20(22)5-8-23(19)28-16-4-9-24-10-14-26-15-11-25-18-26/h5,8,11,15,18,21,24H,2-4,6-7,9-10,12-14,16-17H2,1H3. The summed E-state index contributed by atoms with van der Waals surface area (Å²) in [6.45, 7) is 8.53. The van der Waals surface area contributed by atoms with Crippen molar-refractivity contribution in [3.8, 4) is 5.75 Å². The van der Waals surface area contributed by atoms with E-state index in [0.717, 1.165) is 44.5 Å². The van der Waals surface area contributed by atoms with Crippen molar-refractivity contribution in [1.29, 1.82) is 0 Å². The first-order valence-corrected chi connectivity index (χ1v) is 11.0. The van der Waals surface area contributed by atoms with Gasteiger partial charge in [-0.05, 0) is 87.8 Å². The lowest BCUT2D eigenvalue weighted by atomic mass is 9.85. The van der Waals surface area contributed by atoms with Gasteiger partial charge in [0.1, 0.15) is 5.75 Å².